The summed E-state index contributed by atoms with van der Waals surface area (Å²) < 4.78 is 87.5. The second-order valence-corrected chi connectivity index (χ2v) is 35.0. The molecule has 5 heterocycles. The normalized spacial score (nSPS) is 26.8. The molecule has 8 rings (SSSR count). The highest BCUT2D eigenvalue weighted by Crippen LogP contribution is 2.40. The van der Waals surface area contributed by atoms with E-state index < -0.39 is 108 Å². The van der Waals surface area contributed by atoms with Gasteiger partial charge in [-0.1, -0.05) is 77.1 Å². The summed E-state index contributed by atoms with van der Waals surface area (Å²) >= 11 is 1.61. The number of amides is 4. The molecule has 1 aromatic heterocycles. The molecule has 0 radical (unpaired) electrons. The van der Waals surface area contributed by atoms with Crippen molar-refractivity contribution < 1.29 is 120 Å². The third kappa shape index (κ3) is 34.6. The number of benzene rings is 2. The second-order valence-electron chi connectivity index (χ2n) is 33.8. The number of aliphatic hydroxyl groups excluding tert-OH is 2. The Hall–Kier alpha value is -7.61. The zero-order valence-electron chi connectivity index (χ0n) is 76.4. The Morgan fingerprint density at radius 1 is 0.661 bits per heavy atom. The van der Waals surface area contributed by atoms with Crippen LogP contribution in [0.1, 0.15) is 153 Å². The number of methoxy groups -OCH3 is 3. The van der Waals surface area contributed by atoms with Crippen LogP contribution in [0, 0.1) is 42.4 Å². The molecule has 31 nitrogen and oxygen atoms in total. The average molecular weight is 1800 g/mol. The monoisotopic (exact) mass is 1800 g/mol. The molecule has 3 fully saturated rings. The number of ketones is 2. The number of ether oxygens (including phenoxy) is 15. The number of carbonyl (C=O) groups is 7. The van der Waals surface area contributed by atoms with Gasteiger partial charge in [0.25, 0.3) is 17.6 Å². The van der Waals surface area contributed by atoms with Crippen LogP contribution in [0.5, 0.6) is 5.75 Å². The van der Waals surface area contributed by atoms with Crippen LogP contribution < -0.4 is 21.1 Å². The Morgan fingerprint density at radius 3 is 1.95 bits per heavy atom. The van der Waals surface area contributed by atoms with Crippen molar-refractivity contribution in [2.75, 3.05) is 171 Å². The standard InChI is InChI=1S/C95H142N6O25S/c1-63-17-13-12-14-18-64(2)81(112-9)59-75-24-20-70(8)95(111,126-75)90(106)92(108)101-33-16-15-19-78(101)93(109)124-83(60-82(113-10)66(4)54-69(7)88(104)89(105)87(103)68(6)53-63)67(5)55-71-21-27-80(84(57-71)114-11)125-94(110)98-31-36-116-39-41-118-43-45-120-47-49-122-51-50-121-48-46-119-44-42-117-40-38-115-35-30-86(102)97-32-52-127-76-25-26-77(65(3)56-76)91(107)100-34-37-123-79-28-22-72(58-74(79)62-100)73-23-29-85(96)99-61-73/h12-14,17-18,22-23,25-26,28-29,54,56,58,61,63,66-68,70-71,75,78,80-84,88-89,104-105,111H,15-16,19-21,24,27,30-53,55,57,59-60,62H2,1-11H3,(H2,96,99)(H,97,102)(H,98,110)/b14-12?,17-13+,64-18?,69-54+/t63-,66-,67-,68-,70-,71+,75+,78+,80-,81+,82-,83+,84-,88-,89+,95-/m1/s1. The van der Waals surface area contributed by atoms with Gasteiger partial charge >= 0.3 is 12.1 Å². The highest BCUT2D eigenvalue weighted by molar-refractivity contribution is 7.99. The molecular weight excluding hydrogens is 1660 g/mol. The van der Waals surface area contributed by atoms with Crippen LogP contribution in [-0.4, -0.2) is 298 Å². The smallest absolute Gasteiger partial charge is 0.407 e. The summed E-state index contributed by atoms with van der Waals surface area (Å²) in [5.74, 6) is -6.20. The Morgan fingerprint density at radius 2 is 1.31 bits per heavy atom. The number of allylic oxidation sites excluding steroid dienone is 5. The lowest BCUT2D eigenvalue weighted by Gasteiger charge is -2.43. The minimum atomic E-state index is -2.46. The van der Waals surface area contributed by atoms with Crippen molar-refractivity contribution in [2.24, 2.45) is 35.5 Å². The van der Waals surface area contributed by atoms with Gasteiger partial charge in [-0.15, -0.1) is 11.8 Å². The molecule has 4 amide bonds. The molecule has 32 heteroatoms. The first-order valence-corrected chi connectivity index (χ1v) is 46.2. The van der Waals surface area contributed by atoms with E-state index >= 15 is 0 Å². The van der Waals surface area contributed by atoms with E-state index in [1.165, 1.54) is 12.0 Å². The lowest BCUT2D eigenvalue weighted by Crippen LogP contribution is -2.61. The third-order valence-corrected chi connectivity index (χ3v) is 25.1. The fraction of sp³-hybridized carbons (Fsp3) is 0.663. The minimum Gasteiger partial charge on any atom is -0.491 e. The number of pyridine rings is 1. The van der Waals surface area contributed by atoms with Crippen molar-refractivity contribution in [1.82, 2.24) is 25.4 Å². The van der Waals surface area contributed by atoms with Gasteiger partial charge in [0, 0.05) is 118 Å². The predicted octanol–water partition coefficient (Wildman–Crippen LogP) is 10.1. The maximum atomic E-state index is 14.9. The number of aryl methyl sites for hydroxylation is 1. The van der Waals surface area contributed by atoms with Crippen molar-refractivity contribution >= 4 is 58.9 Å². The fourth-order valence-electron chi connectivity index (χ4n) is 16.6. The van der Waals surface area contributed by atoms with Gasteiger partial charge in [-0.05, 0) is 167 Å². The van der Waals surface area contributed by atoms with Gasteiger partial charge in [-0.2, -0.15) is 0 Å². The third-order valence-electron chi connectivity index (χ3n) is 24.1. The number of nitrogens with two attached hydrogens (primary N) is 1. The van der Waals surface area contributed by atoms with E-state index in [9.17, 15) is 48.9 Å². The number of Topliss-reactive ketones (excluding diaryl/α,β-unsaturated/α-hetero) is 2. The number of aromatic nitrogens is 1. The van der Waals surface area contributed by atoms with E-state index in [1.54, 1.807) is 65.1 Å². The molecule has 1 saturated carbocycles. The van der Waals surface area contributed by atoms with Gasteiger partial charge in [0.2, 0.25) is 11.7 Å². The van der Waals surface area contributed by atoms with Crippen LogP contribution in [0.2, 0.25) is 0 Å². The average Bonchev–Trinajstić information content (AvgIpc) is 1.02. The summed E-state index contributed by atoms with van der Waals surface area (Å²) in [6.45, 7) is 22.6. The molecule has 2 saturated heterocycles. The Labute approximate surface area is 754 Å². The number of aliphatic hydroxyl groups is 3. The van der Waals surface area contributed by atoms with Gasteiger partial charge < -0.3 is 113 Å². The zero-order chi connectivity index (χ0) is 91.6. The number of alkyl carbamates (subject to hydrolysis) is 1. The highest BCUT2D eigenvalue weighted by Gasteiger charge is 2.53. The summed E-state index contributed by atoms with van der Waals surface area (Å²) in [5.41, 5.74) is 11.3. The topological polar surface area (TPSA) is 388 Å². The zero-order valence-corrected chi connectivity index (χ0v) is 77.2. The van der Waals surface area contributed by atoms with Gasteiger partial charge in [-0.3, -0.25) is 24.0 Å². The second kappa shape index (κ2) is 56.2. The first-order chi connectivity index (χ1) is 61.2. The van der Waals surface area contributed by atoms with E-state index in [0.717, 1.165) is 38.5 Å². The van der Waals surface area contributed by atoms with Gasteiger partial charge in [0.05, 0.1) is 137 Å². The minimum absolute atomic E-state index is 0.0320. The number of nitrogens with zero attached hydrogens (tertiary/aromatic N) is 3. The Balaban J connectivity index is 0.640. The Bertz CT molecular complexity index is 4000. The molecule has 708 valence electrons. The lowest BCUT2D eigenvalue weighted by atomic mass is 9.78. The summed E-state index contributed by atoms with van der Waals surface area (Å²) in [6.07, 6.45) is 11.1. The lowest BCUT2D eigenvalue weighted by molar-refractivity contribution is -0.265. The quantitative estimate of drug-likeness (QED) is 0.0101. The number of carbonyl (C=O) groups excluding carboxylic acids is 7. The maximum absolute atomic E-state index is 14.9. The van der Waals surface area contributed by atoms with Crippen LogP contribution in [0.4, 0.5) is 10.6 Å². The molecule has 5 aliphatic rings. The van der Waals surface area contributed by atoms with E-state index in [2.05, 4.69) is 15.6 Å². The molecule has 2 bridgehead atoms. The maximum Gasteiger partial charge on any atom is 0.407 e. The summed E-state index contributed by atoms with van der Waals surface area (Å²) in [5, 5.41) is 40.6. The molecule has 0 spiro atoms. The number of anilines is 1. The number of fused-ring (bicyclic) bond motifs is 4. The van der Waals surface area contributed by atoms with Crippen LogP contribution in [0.3, 0.4) is 0 Å². The van der Waals surface area contributed by atoms with Crippen LogP contribution in [0.15, 0.2) is 107 Å². The van der Waals surface area contributed by atoms with Gasteiger partial charge in [0.15, 0.2) is 5.78 Å². The first-order valence-electron chi connectivity index (χ1n) is 45.2. The van der Waals surface area contributed by atoms with Crippen LogP contribution in [0.25, 0.3) is 11.1 Å². The summed E-state index contributed by atoms with van der Waals surface area (Å²) in [4.78, 5) is 105. The molecule has 16 atom stereocenters. The number of hydrogen-bond donors (Lipinski definition) is 6. The molecule has 2 aromatic carbocycles. The number of thioether (sulfide) groups is 1. The van der Waals surface area contributed by atoms with Crippen molar-refractivity contribution in [1.29, 1.82) is 0 Å². The molecule has 127 heavy (non-hydrogen) atoms. The molecule has 1 aliphatic carbocycles. The van der Waals surface area contributed by atoms with Crippen LogP contribution >= 0.6 is 11.8 Å². The molecule has 4 aliphatic heterocycles. The number of nitrogens with one attached hydrogen (secondary N) is 2. The number of nitrogen functional groups attached to an aromatic ring is 1. The van der Waals surface area contributed by atoms with Crippen LogP contribution in [-0.2, 0) is 96.8 Å². The predicted molar refractivity (Wildman–Crippen MR) is 479 cm³/mol. The van der Waals surface area contributed by atoms with Gasteiger partial charge in [0.1, 0.15) is 48.6 Å². The summed E-state index contributed by atoms with van der Waals surface area (Å²) in [7, 11) is 4.68. The molecule has 7 N–H and O–H groups in total. The van der Waals surface area contributed by atoms with Crippen molar-refractivity contribution in [3.63, 3.8) is 0 Å². The highest BCUT2D eigenvalue weighted by atomic mass is 32.2. The number of cyclic esters (lactones) is 1. The Kier molecular flexibility index (Phi) is 46.4. The number of hydrogen-bond acceptors (Lipinski definition) is 28. The first kappa shape index (κ1) is 105. The van der Waals surface area contributed by atoms with E-state index in [0.29, 0.717) is 206 Å². The fourth-order valence-corrected chi connectivity index (χ4v) is 17.4. The molecule has 0 unspecified atom stereocenters. The van der Waals surface area contributed by atoms with Crippen molar-refractivity contribution in [3.05, 3.63) is 119 Å². The van der Waals surface area contributed by atoms with Gasteiger partial charge in [-0.25, -0.2) is 14.6 Å². The van der Waals surface area contributed by atoms with Crippen molar-refractivity contribution in [2.45, 2.75) is 211 Å². The number of piperidine rings is 1. The number of esters is 1. The number of rotatable bonds is 40. The van der Waals surface area contributed by atoms with E-state index in [-0.39, 0.29) is 75.1 Å². The molecular formula is C95H142N6O25S. The SMILES string of the molecule is CO[C@H]1C[C@@H]2CC[C@@H](C)[C@@](O)(O2)C(=O)C(=O)N2CCCC[C@H]2C(=O)O[C@H]([C@H](C)C[C@@H]2CC[C@@H](OC(=O)NCCOCCOCCOCCOCCOCCOCCOCCOCCC(=O)NCCSc3ccc(C(=O)N4CCOc5ccc(-c6ccc(N)nc6)cc5C4)c(C)c3)[C@H](OC)C2)C[C@@H](OC)[C@H](C)/C=C(\C)[C@@H](O)[C@@H](O)C(=O)[C@H](C)C[C@H](C)/C=C/C=CC=C1C. The molecule has 3 aromatic rings. The van der Waals surface area contributed by atoms with E-state index in [4.69, 9.17) is 76.8 Å². The summed E-state index contributed by atoms with van der Waals surface area (Å²) in [6, 6.07) is 14.3. The van der Waals surface area contributed by atoms with E-state index in [1.807, 2.05) is 112 Å². The van der Waals surface area contributed by atoms with Crippen molar-refractivity contribution in [3.8, 4) is 16.9 Å². The largest absolute Gasteiger partial charge is 0.491 e.